The SMILES string of the molecule is Cc1cccc(C(NN)c2ncccn2)c1C. The monoisotopic (exact) mass is 228 g/mol. The van der Waals surface area contributed by atoms with Crippen LogP contribution in [-0.4, -0.2) is 9.97 Å². The van der Waals surface area contributed by atoms with Gasteiger partial charge in [-0.25, -0.2) is 15.4 Å². The van der Waals surface area contributed by atoms with Gasteiger partial charge in [-0.3, -0.25) is 5.84 Å². The first kappa shape index (κ1) is 11.7. The maximum Gasteiger partial charge on any atom is 0.150 e. The highest BCUT2D eigenvalue weighted by atomic mass is 15.2. The molecule has 1 aromatic heterocycles. The quantitative estimate of drug-likeness (QED) is 0.619. The predicted molar refractivity (Wildman–Crippen MR) is 67.1 cm³/mol. The normalized spacial score (nSPS) is 12.4. The molecule has 88 valence electrons. The Bertz CT molecular complexity index is 496. The molecule has 2 aromatic rings. The van der Waals surface area contributed by atoms with Gasteiger partial charge in [-0.1, -0.05) is 18.2 Å². The van der Waals surface area contributed by atoms with Crippen LogP contribution in [-0.2, 0) is 0 Å². The zero-order chi connectivity index (χ0) is 12.3. The minimum Gasteiger partial charge on any atom is -0.270 e. The van der Waals surface area contributed by atoms with Gasteiger partial charge in [0.2, 0.25) is 0 Å². The van der Waals surface area contributed by atoms with E-state index < -0.39 is 0 Å². The average Bonchev–Trinajstić information content (AvgIpc) is 2.37. The summed E-state index contributed by atoms with van der Waals surface area (Å²) in [5.74, 6) is 6.31. The molecule has 0 saturated carbocycles. The molecule has 17 heavy (non-hydrogen) atoms. The number of hydrogen-bond donors (Lipinski definition) is 2. The molecular weight excluding hydrogens is 212 g/mol. The molecule has 0 spiro atoms. The van der Waals surface area contributed by atoms with Crippen LogP contribution in [0.15, 0.2) is 36.7 Å². The van der Waals surface area contributed by atoms with E-state index in [1.54, 1.807) is 18.5 Å². The van der Waals surface area contributed by atoms with Crippen molar-refractivity contribution in [3.63, 3.8) is 0 Å². The molecule has 0 aliphatic heterocycles. The largest absolute Gasteiger partial charge is 0.270 e. The van der Waals surface area contributed by atoms with Crippen molar-refractivity contribution >= 4 is 0 Å². The molecule has 0 aliphatic carbocycles. The molecule has 4 heteroatoms. The number of hydrazine groups is 1. The average molecular weight is 228 g/mol. The fourth-order valence-electron chi connectivity index (χ4n) is 1.85. The molecule has 0 aliphatic rings. The molecule has 0 amide bonds. The summed E-state index contributed by atoms with van der Waals surface area (Å²) in [5.41, 5.74) is 6.33. The van der Waals surface area contributed by atoms with Gasteiger partial charge in [0, 0.05) is 12.4 Å². The third-order valence-electron chi connectivity index (χ3n) is 2.97. The first-order valence-corrected chi connectivity index (χ1v) is 5.53. The lowest BCUT2D eigenvalue weighted by Crippen LogP contribution is -2.30. The van der Waals surface area contributed by atoms with E-state index in [1.165, 1.54) is 11.1 Å². The molecule has 1 aromatic carbocycles. The first-order chi connectivity index (χ1) is 8.24. The highest BCUT2D eigenvalue weighted by molar-refractivity contribution is 5.37. The van der Waals surface area contributed by atoms with Gasteiger partial charge < -0.3 is 0 Å². The van der Waals surface area contributed by atoms with Crippen molar-refractivity contribution in [2.45, 2.75) is 19.9 Å². The summed E-state index contributed by atoms with van der Waals surface area (Å²) in [5, 5.41) is 0. The standard InChI is InChI=1S/C13H16N4/c1-9-5-3-6-11(10(9)2)12(17-14)13-15-7-4-8-16-13/h3-8,12,17H,14H2,1-2H3. The highest BCUT2D eigenvalue weighted by Crippen LogP contribution is 2.23. The van der Waals surface area contributed by atoms with Crippen molar-refractivity contribution in [1.29, 1.82) is 0 Å². The number of nitrogens with one attached hydrogen (secondary N) is 1. The summed E-state index contributed by atoms with van der Waals surface area (Å²) in [6.45, 7) is 4.16. The van der Waals surface area contributed by atoms with Crippen LogP contribution in [0.1, 0.15) is 28.6 Å². The molecule has 4 nitrogen and oxygen atoms in total. The number of nitrogens with zero attached hydrogens (tertiary/aromatic N) is 2. The number of hydrogen-bond acceptors (Lipinski definition) is 4. The topological polar surface area (TPSA) is 63.8 Å². The lowest BCUT2D eigenvalue weighted by atomic mass is 9.97. The molecule has 0 saturated heterocycles. The van der Waals surface area contributed by atoms with Gasteiger partial charge in [0.25, 0.3) is 0 Å². The second-order valence-electron chi connectivity index (χ2n) is 4.00. The van der Waals surface area contributed by atoms with E-state index in [0.29, 0.717) is 5.82 Å². The van der Waals surface area contributed by atoms with Crippen molar-refractivity contribution in [3.8, 4) is 0 Å². The smallest absolute Gasteiger partial charge is 0.150 e. The van der Waals surface area contributed by atoms with Crippen molar-refractivity contribution in [2.75, 3.05) is 0 Å². The second-order valence-corrected chi connectivity index (χ2v) is 4.00. The molecule has 0 fully saturated rings. The zero-order valence-electron chi connectivity index (χ0n) is 10.0. The number of rotatable bonds is 3. The molecule has 2 rings (SSSR count). The van der Waals surface area contributed by atoms with Gasteiger partial charge in [0.05, 0.1) is 0 Å². The van der Waals surface area contributed by atoms with Crippen molar-refractivity contribution < 1.29 is 0 Å². The van der Waals surface area contributed by atoms with Crippen LogP contribution in [0.25, 0.3) is 0 Å². The van der Waals surface area contributed by atoms with Crippen LogP contribution in [0.2, 0.25) is 0 Å². The number of aromatic nitrogens is 2. The van der Waals surface area contributed by atoms with Gasteiger partial charge in [-0.05, 0) is 36.6 Å². The summed E-state index contributed by atoms with van der Waals surface area (Å²) >= 11 is 0. The number of aryl methyl sites for hydroxylation is 1. The molecule has 1 heterocycles. The maximum absolute atomic E-state index is 5.63. The fourth-order valence-corrected chi connectivity index (χ4v) is 1.85. The summed E-state index contributed by atoms with van der Waals surface area (Å²) in [4.78, 5) is 8.49. The van der Waals surface area contributed by atoms with Gasteiger partial charge in [-0.15, -0.1) is 0 Å². The van der Waals surface area contributed by atoms with E-state index in [-0.39, 0.29) is 6.04 Å². The summed E-state index contributed by atoms with van der Waals surface area (Å²) in [7, 11) is 0. The third-order valence-corrected chi connectivity index (χ3v) is 2.97. The molecular formula is C13H16N4. The maximum atomic E-state index is 5.63. The van der Waals surface area contributed by atoms with Crippen LogP contribution < -0.4 is 11.3 Å². The van der Waals surface area contributed by atoms with Gasteiger partial charge in [0.15, 0.2) is 5.82 Å². The van der Waals surface area contributed by atoms with Gasteiger partial charge in [0.1, 0.15) is 6.04 Å². The third kappa shape index (κ3) is 2.33. The predicted octanol–water partition coefficient (Wildman–Crippen LogP) is 1.65. The van der Waals surface area contributed by atoms with Crippen LogP contribution in [0.3, 0.4) is 0 Å². The Morgan fingerprint density at radius 1 is 1.12 bits per heavy atom. The second kappa shape index (κ2) is 5.03. The first-order valence-electron chi connectivity index (χ1n) is 5.53. The van der Waals surface area contributed by atoms with Gasteiger partial charge >= 0.3 is 0 Å². The van der Waals surface area contributed by atoms with E-state index in [2.05, 4.69) is 35.3 Å². The van der Waals surface area contributed by atoms with E-state index in [9.17, 15) is 0 Å². The van der Waals surface area contributed by atoms with Crippen LogP contribution >= 0.6 is 0 Å². The zero-order valence-corrected chi connectivity index (χ0v) is 10.0. The van der Waals surface area contributed by atoms with E-state index in [4.69, 9.17) is 5.84 Å². The Hall–Kier alpha value is -1.78. The van der Waals surface area contributed by atoms with Crippen molar-refractivity contribution in [2.24, 2.45) is 5.84 Å². The van der Waals surface area contributed by atoms with E-state index in [1.807, 2.05) is 12.1 Å². The molecule has 3 N–H and O–H groups in total. The number of benzene rings is 1. The lowest BCUT2D eigenvalue weighted by Gasteiger charge is -2.18. The minimum absolute atomic E-state index is 0.170. The van der Waals surface area contributed by atoms with Crippen LogP contribution in [0.5, 0.6) is 0 Å². The van der Waals surface area contributed by atoms with Crippen molar-refractivity contribution in [3.05, 3.63) is 59.2 Å². The molecule has 1 atom stereocenters. The molecule has 0 bridgehead atoms. The Morgan fingerprint density at radius 2 is 1.82 bits per heavy atom. The van der Waals surface area contributed by atoms with E-state index in [0.717, 1.165) is 5.56 Å². The Labute approximate surface area is 101 Å². The fraction of sp³-hybridized carbons (Fsp3) is 0.231. The van der Waals surface area contributed by atoms with Gasteiger partial charge in [-0.2, -0.15) is 0 Å². The van der Waals surface area contributed by atoms with E-state index >= 15 is 0 Å². The molecule has 0 radical (unpaired) electrons. The van der Waals surface area contributed by atoms with Crippen LogP contribution in [0, 0.1) is 13.8 Å². The highest BCUT2D eigenvalue weighted by Gasteiger charge is 2.17. The Kier molecular flexibility index (Phi) is 3.46. The van der Waals surface area contributed by atoms with Crippen LogP contribution in [0.4, 0.5) is 0 Å². The Balaban J connectivity index is 2.46. The lowest BCUT2D eigenvalue weighted by molar-refractivity contribution is 0.598. The Morgan fingerprint density at radius 3 is 2.47 bits per heavy atom. The van der Waals surface area contributed by atoms with Crippen molar-refractivity contribution in [1.82, 2.24) is 15.4 Å². The summed E-state index contributed by atoms with van der Waals surface area (Å²) < 4.78 is 0. The minimum atomic E-state index is -0.170. The number of nitrogens with two attached hydrogens (primary N) is 1. The molecule has 1 unspecified atom stereocenters. The summed E-state index contributed by atoms with van der Waals surface area (Å²) in [6.07, 6.45) is 3.44. The summed E-state index contributed by atoms with van der Waals surface area (Å²) in [6, 6.07) is 7.77.